The lowest BCUT2D eigenvalue weighted by atomic mass is 10.2. The van der Waals surface area contributed by atoms with E-state index in [1.807, 2.05) is 37.3 Å². The van der Waals surface area contributed by atoms with Crippen LogP contribution in [0.3, 0.4) is 0 Å². The average Bonchev–Trinajstić information content (AvgIpc) is 2.69. The predicted molar refractivity (Wildman–Crippen MR) is 96.4 cm³/mol. The summed E-state index contributed by atoms with van der Waals surface area (Å²) < 4.78 is 16.6. The molecule has 7 nitrogen and oxygen atoms in total. The molecule has 1 amide bonds. The fourth-order valence-corrected chi connectivity index (χ4v) is 2.54. The highest BCUT2D eigenvalue weighted by Crippen LogP contribution is 2.23. The molecule has 2 aromatic rings. The van der Waals surface area contributed by atoms with Gasteiger partial charge >= 0.3 is 0 Å². The first-order valence-electron chi connectivity index (χ1n) is 8.70. The van der Waals surface area contributed by atoms with E-state index in [-0.39, 0.29) is 5.91 Å². The Morgan fingerprint density at radius 2 is 2.12 bits per heavy atom. The Labute approximate surface area is 152 Å². The topological polar surface area (TPSA) is 81.7 Å². The Morgan fingerprint density at radius 3 is 2.85 bits per heavy atom. The lowest BCUT2D eigenvalue weighted by Gasteiger charge is -2.22. The van der Waals surface area contributed by atoms with Gasteiger partial charge in [0.15, 0.2) is 0 Å². The molecule has 0 radical (unpaired) electrons. The van der Waals surface area contributed by atoms with E-state index in [1.54, 1.807) is 12.3 Å². The van der Waals surface area contributed by atoms with E-state index >= 15 is 0 Å². The third-order valence-electron chi connectivity index (χ3n) is 3.84. The van der Waals surface area contributed by atoms with Gasteiger partial charge in [0.25, 0.3) is 5.91 Å². The number of carbonyl (C=O) groups excluding carboxylic acids is 1. The molecule has 0 saturated carbocycles. The van der Waals surface area contributed by atoms with E-state index in [1.165, 1.54) is 0 Å². The van der Waals surface area contributed by atoms with Crippen LogP contribution < -0.4 is 20.1 Å². The molecule has 3 rings (SSSR count). The molecule has 1 fully saturated rings. The van der Waals surface area contributed by atoms with Crippen molar-refractivity contribution in [2.45, 2.75) is 19.6 Å². The molecule has 1 unspecified atom stereocenters. The lowest BCUT2D eigenvalue weighted by molar-refractivity contribution is -0.134. The van der Waals surface area contributed by atoms with E-state index in [0.717, 1.165) is 17.9 Å². The minimum atomic E-state index is -0.440. The van der Waals surface area contributed by atoms with E-state index in [9.17, 15) is 4.79 Å². The summed E-state index contributed by atoms with van der Waals surface area (Å²) in [6.07, 6.45) is 1.22. The molecule has 2 N–H and O–H groups in total. The van der Waals surface area contributed by atoms with E-state index in [4.69, 9.17) is 14.2 Å². The van der Waals surface area contributed by atoms with Gasteiger partial charge in [0.05, 0.1) is 13.2 Å². The van der Waals surface area contributed by atoms with Gasteiger partial charge in [-0.3, -0.25) is 4.79 Å². The standard InChI is InChI=1S/C19H23N3O4/c1-2-24-15-3-5-16(6-4-15)26-18-11-14(7-8-21-18)12-22-19(23)17-13-20-9-10-25-17/h3-8,11,17,20H,2,9-10,12-13H2,1H3,(H,22,23). The number of aromatic nitrogens is 1. The summed E-state index contributed by atoms with van der Waals surface area (Å²) in [5.74, 6) is 1.81. The van der Waals surface area contributed by atoms with Crippen molar-refractivity contribution in [3.05, 3.63) is 48.2 Å². The molecule has 1 atom stereocenters. The number of nitrogens with zero attached hydrogens (tertiary/aromatic N) is 1. The van der Waals surface area contributed by atoms with Gasteiger partial charge in [0, 0.05) is 31.9 Å². The highest BCUT2D eigenvalue weighted by atomic mass is 16.5. The maximum absolute atomic E-state index is 12.1. The van der Waals surface area contributed by atoms with Gasteiger partial charge in [-0.05, 0) is 42.8 Å². The smallest absolute Gasteiger partial charge is 0.250 e. The molecule has 2 heterocycles. The molecule has 0 spiro atoms. The number of morpholine rings is 1. The minimum Gasteiger partial charge on any atom is -0.494 e. The summed E-state index contributed by atoms with van der Waals surface area (Å²) in [5, 5.41) is 6.01. The van der Waals surface area contributed by atoms with Crippen molar-refractivity contribution >= 4 is 5.91 Å². The summed E-state index contributed by atoms with van der Waals surface area (Å²) in [6.45, 7) is 4.82. The van der Waals surface area contributed by atoms with Gasteiger partial charge in [-0.2, -0.15) is 0 Å². The molecular weight excluding hydrogens is 334 g/mol. The van der Waals surface area contributed by atoms with Crippen molar-refractivity contribution in [1.29, 1.82) is 0 Å². The SMILES string of the molecule is CCOc1ccc(Oc2cc(CNC(=O)C3CNCCO3)ccn2)cc1. The maximum atomic E-state index is 12.1. The van der Waals surface area contributed by atoms with Crippen LogP contribution in [0.5, 0.6) is 17.4 Å². The van der Waals surface area contributed by atoms with Crippen LogP contribution in [0.25, 0.3) is 0 Å². The summed E-state index contributed by atoms with van der Waals surface area (Å²) in [4.78, 5) is 16.3. The quantitative estimate of drug-likeness (QED) is 0.787. The van der Waals surface area contributed by atoms with Crippen LogP contribution in [-0.4, -0.2) is 43.3 Å². The molecule has 1 aliphatic rings. The number of ether oxygens (including phenoxy) is 3. The Kier molecular flexibility index (Phi) is 6.40. The fraction of sp³-hybridized carbons (Fsp3) is 0.368. The number of nitrogens with one attached hydrogen (secondary N) is 2. The summed E-state index contributed by atoms with van der Waals surface area (Å²) in [6, 6.07) is 11.0. The van der Waals surface area contributed by atoms with Crippen LogP contribution in [0.4, 0.5) is 0 Å². The number of rotatable bonds is 7. The number of benzene rings is 1. The van der Waals surface area contributed by atoms with Crippen molar-refractivity contribution in [3.63, 3.8) is 0 Å². The van der Waals surface area contributed by atoms with Gasteiger partial charge in [-0.15, -0.1) is 0 Å². The van der Waals surface area contributed by atoms with Crippen LogP contribution in [0, 0.1) is 0 Å². The zero-order valence-corrected chi connectivity index (χ0v) is 14.7. The Morgan fingerprint density at radius 1 is 1.31 bits per heavy atom. The number of carbonyl (C=O) groups is 1. The second kappa shape index (κ2) is 9.17. The number of hydrogen-bond donors (Lipinski definition) is 2. The van der Waals surface area contributed by atoms with Crippen molar-refractivity contribution in [1.82, 2.24) is 15.6 Å². The Hall–Kier alpha value is -2.64. The first kappa shape index (κ1) is 18.2. The zero-order valence-electron chi connectivity index (χ0n) is 14.7. The monoisotopic (exact) mass is 357 g/mol. The van der Waals surface area contributed by atoms with Gasteiger partial charge in [-0.25, -0.2) is 4.98 Å². The zero-order chi connectivity index (χ0) is 18.2. The second-order valence-corrected chi connectivity index (χ2v) is 5.79. The van der Waals surface area contributed by atoms with E-state index in [0.29, 0.717) is 37.9 Å². The van der Waals surface area contributed by atoms with Gasteiger partial charge in [0.1, 0.15) is 17.6 Å². The van der Waals surface area contributed by atoms with Gasteiger partial charge in [0.2, 0.25) is 5.88 Å². The lowest BCUT2D eigenvalue weighted by Crippen LogP contribution is -2.47. The van der Waals surface area contributed by atoms with Crippen LogP contribution in [0.1, 0.15) is 12.5 Å². The summed E-state index contributed by atoms with van der Waals surface area (Å²) in [5.41, 5.74) is 0.901. The Bertz CT molecular complexity index is 715. The van der Waals surface area contributed by atoms with Crippen molar-refractivity contribution < 1.29 is 19.0 Å². The number of hydrogen-bond acceptors (Lipinski definition) is 6. The highest BCUT2D eigenvalue weighted by Gasteiger charge is 2.21. The van der Waals surface area contributed by atoms with Crippen molar-refractivity contribution in [2.75, 3.05) is 26.3 Å². The van der Waals surface area contributed by atoms with Crippen LogP contribution in [-0.2, 0) is 16.1 Å². The molecule has 1 aromatic heterocycles. The molecule has 26 heavy (non-hydrogen) atoms. The third kappa shape index (κ3) is 5.18. The van der Waals surface area contributed by atoms with Crippen LogP contribution >= 0.6 is 0 Å². The molecule has 138 valence electrons. The maximum Gasteiger partial charge on any atom is 0.250 e. The molecule has 7 heteroatoms. The van der Waals surface area contributed by atoms with E-state index in [2.05, 4.69) is 15.6 Å². The van der Waals surface area contributed by atoms with E-state index < -0.39 is 6.10 Å². The first-order chi connectivity index (χ1) is 12.7. The minimum absolute atomic E-state index is 0.122. The molecule has 0 bridgehead atoms. The fourth-order valence-electron chi connectivity index (χ4n) is 2.54. The molecule has 1 aliphatic heterocycles. The average molecular weight is 357 g/mol. The molecular formula is C19H23N3O4. The summed E-state index contributed by atoms with van der Waals surface area (Å²) >= 11 is 0. The normalized spacial score (nSPS) is 16.7. The summed E-state index contributed by atoms with van der Waals surface area (Å²) in [7, 11) is 0. The predicted octanol–water partition coefficient (Wildman–Crippen LogP) is 1.88. The number of amides is 1. The first-order valence-corrected chi connectivity index (χ1v) is 8.70. The highest BCUT2D eigenvalue weighted by molar-refractivity contribution is 5.81. The van der Waals surface area contributed by atoms with Crippen LogP contribution in [0.2, 0.25) is 0 Å². The molecule has 0 aliphatic carbocycles. The molecule has 1 saturated heterocycles. The van der Waals surface area contributed by atoms with Crippen LogP contribution in [0.15, 0.2) is 42.6 Å². The second-order valence-electron chi connectivity index (χ2n) is 5.79. The largest absolute Gasteiger partial charge is 0.494 e. The Balaban J connectivity index is 1.54. The molecule has 1 aromatic carbocycles. The van der Waals surface area contributed by atoms with Crippen molar-refractivity contribution in [3.8, 4) is 17.4 Å². The van der Waals surface area contributed by atoms with Crippen molar-refractivity contribution in [2.24, 2.45) is 0 Å². The van der Waals surface area contributed by atoms with Gasteiger partial charge < -0.3 is 24.8 Å². The third-order valence-corrected chi connectivity index (χ3v) is 3.84. The number of pyridine rings is 1. The van der Waals surface area contributed by atoms with Gasteiger partial charge in [-0.1, -0.05) is 0 Å².